The molecule has 0 saturated heterocycles. The molecule has 0 unspecified atom stereocenters. The number of hydrogen-bond acceptors (Lipinski definition) is 4. The van der Waals surface area contributed by atoms with Crippen LogP contribution in [0.25, 0.3) is 0 Å². The zero-order valence-electron chi connectivity index (χ0n) is 11.3. The molecule has 1 aromatic heterocycles. The predicted octanol–water partition coefficient (Wildman–Crippen LogP) is 3.63. The third-order valence-electron chi connectivity index (χ3n) is 3.22. The molecule has 0 spiro atoms. The average molecular weight is 290 g/mol. The zero-order valence-corrected chi connectivity index (χ0v) is 12.0. The maximum Gasteiger partial charge on any atom is 0.219 e. The Labute approximate surface area is 123 Å². The van der Waals surface area contributed by atoms with Gasteiger partial charge in [0.05, 0.1) is 0 Å². The molecule has 0 amide bonds. The number of anilines is 1. The quantitative estimate of drug-likeness (QED) is 0.913. The summed E-state index contributed by atoms with van der Waals surface area (Å²) in [5.41, 5.74) is 1.06. The number of halogens is 1. The first kappa shape index (κ1) is 13.2. The molecule has 1 fully saturated rings. The van der Waals surface area contributed by atoms with E-state index >= 15 is 0 Å². The third kappa shape index (κ3) is 3.20. The first-order valence-corrected chi connectivity index (χ1v) is 7.06. The summed E-state index contributed by atoms with van der Waals surface area (Å²) in [6.07, 6.45) is 2.34. The van der Waals surface area contributed by atoms with Crippen LogP contribution in [-0.4, -0.2) is 17.0 Å². The second-order valence-corrected chi connectivity index (χ2v) is 5.33. The molecule has 0 radical (unpaired) electrons. The van der Waals surface area contributed by atoms with E-state index in [1.165, 1.54) is 12.8 Å². The van der Waals surface area contributed by atoms with Gasteiger partial charge in [-0.2, -0.15) is 4.98 Å². The van der Waals surface area contributed by atoms with Gasteiger partial charge >= 0.3 is 0 Å². The molecule has 1 aromatic carbocycles. The summed E-state index contributed by atoms with van der Waals surface area (Å²) < 4.78 is 5.76. The van der Waals surface area contributed by atoms with Crippen molar-refractivity contribution < 1.29 is 4.74 Å². The second-order valence-electron chi connectivity index (χ2n) is 4.89. The lowest BCUT2D eigenvalue weighted by atomic mass is 10.2. The zero-order chi connectivity index (χ0) is 13.9. The Morgan fingerprint density at radius 2 is 2.00 bits per heavy atom. The van der Waals surface area contributed by atoms with Crippen molar-refractivity contribution in [3.8, 4) is 5.88 Å². The molecular formula is C15H16ClN3O. The van der Waals surface area contributed by atoms with Gasteiger partial charge in [-0.25, -0.2) is 4.98 Å². The third-order valence-corrected chi connectivity index (χ3v) is 3.47. The van der Waals surface area contributed by atoms with Crippen LogP contribution in [0.3, 0.4) is 0 Å². The monoisotopic (exact) mass is 289 g/mol. The minimum absolute atomic E-state index is 0.474. The molecule has 4 nitrogen and oxygen atoms in total. The Kier molecular flexibility index (Phi) is 3.74. The summed E-state index contributed by atoms with van der Waals surface area (Å²) in [5, 5.41) is 3.77. The van der Waals surface area contributed by atoms with Crippen molar-refractivity contribution in [1.82, 2.24) is 9.97 Å². The standard InChI is InChI=1S/C15H16ClN3O/c1-17-13-8-14(19-15(18-13)11-4-5-11)20-9-10-2-6-12(16)7-3-10/h2-3,6-8,11H,4-5,9H2,1H3,(H,17,18,19). The molecular weight excluding hydrogens is 274 g/mol. The van der Waals surface area contributed by atoms with E-state index < -0.39 is 0 Å². The minimum atomic E-state index is 0.474. The van der Waals surface area contributed by atoms with Crippen molar-refractivity contribution in [2.24, 2.45) is 0 Å². The molecule has 1 saturated carbocycles. The first-order valence-electron chi connectivity index (χ1n) is 6.68. The SMILES string of the molecule is CNc1cc(OCc2ccc(Cl)cc2)nc(C2CC2)n1. The fraction of sp³-hybridized carbons (Fsp3) is 0.333. The van der Waals surface area contributed by atoms with Crippen molar-refractivity contribution >= 4 is 17.4 Å². The lowest BCUT2D eigenvalue weighted by molar-refractivity contribution is 0.292. The summed E-state index contributed by atoms with van der Waals surface area (Å²) in [6.45, 7) is 0.474. The number of rotatable bonds is 5. The summed E-state index contributed by atoms with van der Waals surface area (Å²) in [6, 6.07) is 9.43. The molecule has 1 aliphatic carbocycles. The summed E-state index contributed by atoms with van der Waals surface area (Å²) in [7, 11) is 1.85. The topological polar surface area (TPSA) is 47.0 Å². The van der Waals surface area contributed by atoms with E-state index in [0.29, 0.717) is 18.4 Å². The number of ether oxygens (including phenoxy) is 1. The Hall–Kier alpha value is -1.81. The van der Waals surface area contributed by atoms with Gasteiger partial charge < -0.3 is 10.1 Å². The van der Waals surface area contributed by atoms with Crippen molar-refractivity contribution in [1.29, 1.82) is 0 Å². The molecule has 1 N–H and O–H groups in total. The smallest absolute Gasteiger partial charge is 0.219 e. The highest BCUT2D eigenvalue weighted by Crippen LogP contribution is 2.39. The number of nitrogens with zero attached hydrogens (tertiary/aromatic N) is 2. The van der Waals surface area contributed by atoms with Gasteiger partial charge in [0, 0.05) is 24.1 Å². The number of aromatic nitrogens is 2. The van der Waals surface area contributed by atoms with Crippen LogP contribution in [0.4, 0.5) is 5.82 Å². The van der Waals surface area contributed by atoms with Gasteiger partial charge in [0.25, 0.3) is 0 Å². The fourth-order valence-corrected chi connectivity index (χ4v) is 2.03. The van der Waals surface area contributed by atoms with Crippen LogP contribution in [-0.2, 0) is 6.61 Å². The van der Waals surface area contributed by atoms with Gasteiger partial charge in [-0.05, 0) is 30.5 Å². The highest BCUT2D eigenvalue weighted by molar-refractivity contribution is 6.30. The van der Waals surface area contributed by atoms with E-state index in [0.717, 1.165) is 22.2 Å². The Bertz CT molecular complexity index is 597. The Morgan fingerprint density at radius 1 is 1.25 bits per heavy atom. The lowest BCUT2D eigenvalue weighted by Gasteiger charge is -2.09. The Balaban J connectivity index is 1.72. The predicted molar refractivity (Wildman–Crippen MR) is 79.3 cm³/mol. The molecule has 3 rings (SSSR count). The number of hydrogen-bond donors (Lipinski definition) is 1. The highest BCUT2D eigenvalue weighted by atomic mass is 35.5. The number of benzene rings is 1. The van der Waals surface area contributed by atoms with Gasteiger partial charge in [-0.3, -0.25) is 0 Å². The summed E-state index contributed by atoms with van der Waals surface area (Å²) in [5.74, 6) is 2.79. The van der Waals surface area contributed by atoms with Crippen LogP contribution in [0.5, 0.6) is 5.88 Å². The van der Waals surface area contributed by atoms with E-state index in [1.807, 2.05) is 37.4 Å². The van der Waals surface area contributed by atoms with Crippen LogP contribution in [0.15, 0.2) is 30.3 Å². The lowest BCUT2D eigenvalue weighted by Crippen LogP contribution is -2.03. The summed E-state index contributed by atoms with van der Waals surface area (Å²) >= 11 is 5.86. The molecule has 0 bridgehead atoms. The van der Waals surface area contributed by atoms with E-state index in [4.69, 9.17) is 16.3 Å². The van der Waals surface area contributed by atoms with Crippen LogP contribution in [0, 0.1) is 0 Å². The van der Waals surface area contributed by atoms with Crippen LogP contribution in [0.1, 0.15) is 30.1 Å². The van der Waals surface area contributed by atoms with Crippen molar-refractivity contribution in [2.45, 2.75) is 25.4 Å². The van der Waals surface area contributed by atoms with E-state index in [-0.39, 0.29) is 0 Å². The largest absolute Gasteiger partial charge is 0.473 e. The van der Waals surface area contributed by atoms with Gasteiger partial charge in [-0.1, -0.05) is 23.7 Å². The average Bonchev–Trinajstić information content (AvgIpc) is 3.31. The molecule has 5 heteroatoms. The molecule has 0 aliphatic heterocycles. The number of nitrogens with one attached hydrogen (secondary N) is 1. The normalized spacial score (nSPS) is 14.1. The second kappa shape index (κ2) is 5.67. The van der Waals surface area contributed by atoms with Gasteiger partial charge in [-0.15, -0.1) is 0 Å². The molecule has 20 heavy (non-hydrogen) atoms. The maximum atomic E-state index is 5.86. The first-order chi connectivity index (χ1) is 9.74. The van der Waals surface area contributed by atoms with Crippen LogP contribution >= 0.6 is 11.6 Å². The van der Waals surface area contributed by atoms with Gasteiger partial charge in [0.1, 0.15) is 18.2 Å². The fourth-order valence-electron chi connectivity index (χ4n) is 1.91. The van der Waals surface area contributed by atoms with Gasteiger partial charge in [0.2, 0.25) is 5.88 Å². The van der Waals surface area contributed by atoms with E-state index in [9.17, 15) is 0 Å². The highest BCUT2D eigenvalue weighted by Gasteiger charge is 2.27. The Morgan fingerprint density at radius 3 is 2.65 bits per heavy atom. The van der Waals surface area contributed by atoms with E-state index in [1.54, 1.807) is 0 Å². The maximum absolute atomic E-state index is 5.86. The molecule has 1 aliphatic rings. The molecule has 2 aromatic rings. The summed E-state index contributed by atoms with van der Waals surface area (Å²) in [4.78, 5) is 8.94. The molecule has 104 valence electrons. The van der Waals surface area contributed by atoms with Gasteiger partial charge in [0.15, 0.2) is 0 Å². The van der Waals surface area contributed by atoms with Crippen LogP contribution in [0.2, 0.25) is 5.02 Å². The minimum Gasteiger partial charge on any atom is -0.473 e. The van der Waals surface area contributed by atoms with Crippen molar-refractivity contribution in [3.63, 3.8) is 0 Å². The van der Waals surface area contributed by atoms with Crippen LogP contribution < -0.4 is 10.1 Å². The van der Waals surface area contributed by atoms with Crippen molar-refractivity contribution in [3.05, 3.63) is 46.7 Å². The van der Waals surface area contributed by atoms with Crippen molar-refractivity contribution in [2.75, 3.05) is 12.4 Å². The molecule has 0 atom stereocenters. The molecule has 1 heterocycles. The van der Waals surface area contributed by atoms with E-state index in [2.05, 4.69) is 15.3 Å².